The Kier molecular flexibility index (Phi) is 6.36. The van der Waals surface area contributed by atoms with Gasteiger partial charge in [0.2, 0.25) is 12.7 Å². The highest BCUT2D eigenvalue weighted by Gasteiger charge is 2.55. The van der Waals surface area contributed by atoms with Crippen molar-refractivity contribution >= 4 is 5.91 Å². The lowest BCUT2D eigenvalue weighted by Crippen LogP contribution is -2.41. The molecule has 0 aliphatic carbocycles. The number of hydrogen-bond acceptors (Lipinski definition) is 7. The normalized spacial score (nSPS) is 23.9. The van der Waals surface area contributed by atoms with Gasteiger partial charge in [-0.3, -0.25) is 4.79 Å². The number of likely N-dealkylation sites (tertiary alicyclic amines) is 1. The fourth-order valence-corrected chi connectivity index (χ4v) is 5.65. The molecule has 0 bridgehead atoms. The van der Waals surface area contributed by atoms with Gasteiger partial charge in [0, 0.05) is 18.0 Å². The number of unbranched alkanes of at least 4 members (excludes halogenated alkanes) is 1. The Bertz CT molecular complexity index is 1300. The Labute approximate surface area is 216 Å². The summed E-state index contributed by atoms with van der Waals surface area (Å²) in [6.07, 6.45) is 2.04. The minimum atomic E-state index is -0.437. The molecule has 3 aliphatic rings. The van der Waals surface area contributed by atoms with Crippen LogP contribution in [0.3, 0.4) is 0 Å². The van der Waals surface area contributed by atoms with Crippen LogP contribution in [0, 0.1) is 5.92 Å². The number of phenolic OH excluding ortho intramolecular Hbond substituents is 1. The van der Waals surface area contributed by atoms with Crippen LogP contribution in [0.25, 0.3) is 0 Å². The van der Waals surface area contributed by atoms with Crippen molar-refractivity contribution in [3.8, 4) is 23.0 Å². The molecule has 3 heterocycles. The number of hydrazine groups is 1. The second kappa shape index (κ2) is 9.95. The zero-order valence-electron chi connectivity index (χ0n) is 20.7. The summed E-state index contributed by atoms with van der Waals surface area (Å²) < 4.78 is 17.1. The Hall–Kier alpha value is -3.75. The number of fused-ring (bicyclic) bond motifs is 2. The smallest absolute Gasteiger partial charge is 0.242 e. The molecule has 3 N–H and O–H groups in total. The van der Waals surface area contributed by atoms with Crippen LogP contribution in [-0.2, 0) is 11.3 Å². The fraction of sp³-hybridized carbons (Fsp3) is 0.345. The Morgan fingerprint density at radius 2 is 1.84 bits per heavy atom. The van der Waals surface area contributed by atoms with Crippen LogP contribution in [0.4, 0.5) is 0 Å². The largest absolute Gasteiger partial charge is 0.508 e. The van der Waals surface area contributed by atoms with Crippen LogP contribution in [0.2, 0.25) is 0 Å². The molecule has 2 saturated heterocycles. The van der Waals surface area contributed by atoms with E-state index in [0.29, 0.717) is 24.7 Å². The number of ether oxygens (including phenoxy) is 3. The maximum absolute atomic E-state index is 13.8. The topological polar surface area (TPSA) is 92.3 Å². The molecular formula is C29H31N3O5. The second-order valence-electron chi connectivity index (χ2n) is 9.75. The molecule has 8 heteroatoms. The van der Waals surface area contributed by atoms with E-state index < -0.39 is 6.04 Å². The van der Waals surface area contributed by atoms with Crippen LogP contribution < -0.4 is 25.1 Å². The molecule has 0 saturated carbocycles. The molecule has 4 unspecified atom stereocenters. The van der Waals surface area contributed by atoms with Crippen LogP contribution in [-0.4, -0.2) is 35.4 Å². The van der Waals surface area contributed by atoms with Gasteiger partial charge in [-0.25, -0.2) is 10.9 Å². The fourth-order valence-electron chi connectivity index (χ4n) is 5.65. The molecule has 37 heavy (non-hydrogen) atoms. The zero-order valence-corrected chi connectivity index (χ0v) is 20.7. The summed E-state index contributed by atoms with van der Waals surface area (Å²) in [6.45, 7) is 3.41. The van der Waals surface area contributed by atoms with E-state index in [1.165, 1.54) is 0 Å². The van der Waals surface area contributed by atoms with Gasteiger partial charge in [0.15, 0.2) is 11.5 Å². The molecule has 1 amide bonds. The summed E-state index contributed by atoms with van der Waals surface area (Å²) in [5.74, 6) is 2.27. The van der Waals surface area contributed by atoms with Gasteiger partial charge >= 0.3 is 0 Å². The molecule has 3 aromatic rings. The lowest BCUT2D eigenvalue weighted by molar-refractivity contribution is -0.131. The quantitative estimate of drug-likeness (QED) is 0.398. The van der Waals surface area contributed by atoms with Crippen LogP contribution in [0.15, 0.2) is 66.7 Å². The number of phenols is 1. The van der Waals surface area contributed by atoms with E-state index in [1.807, 2.05) is 53.4 Å². The van der Waals surface area contributed by atoms with Gasteiger partial charge < -0.3 is 24.2 Å². The predicted octanol–water partition coefficient (Wildman–Crippen LogP) is 4.22. The summed E-state index contributed by atoms with van der Waals surface area (Å²) in [5.41, 5.74) is 9.25. The SMILES string of the molecule is CCCCOc1cccc(C2C3C(NNC3c3ccccc3O)C(=O)N2Cc2ccc3c(c2)OCO3)c1. The molecular weight excluding hydrogens is 470 g/mol. The number of hydrogen-bond donors (Lipinski definition) is 3. The van der Waals surface area contributed by atoms with Crippen LogP contribution in [0.5, 0.6) is 23.0 Å². The van der Waals surface area contributed by atoms with Gasteiger partial charge in [-0.15, -0.1) is 0 Å². The van der Waals surface area contributed by atoms with E-state index in [1.54, 1.807) is 12.1 Å². The van der Waals surface area contributed by atoms with Gasteiger partial charge in [-0.05, 0) is 47.9 Å². The molecule has 0 aromatic heterocycles. The highest BCUT2D eigenvalue weighted by atomic mass is 16.7. The molecule has 0 radical (unpaired) electrons. The van der Waals surface area contributed by atoms with Gasteiger partial charge in [0.1, 0.15) is 17.5 Å². The van der Waals surface area contributed by atoms with E-state index in [-0.39, 0.29) is 36.5 Å². The average Bonchev–Trinajstić information content (AvgIpc) is 3.61. The number of aromatic hydroxyl groups is 1. The van der Waals surface area contributed by atoms with Crippen molar-refractivity contribution in [3.05, 3.63) is 83.4 Å². The van der Waals surface area contributed by atoms with Gasteiger partial charge in [0.05, 0.1) is 18.7 Å². The highest BCUT2D eigenvalue weighted by molar-refractivity contribution is 5.86. The Morgan fingerprint density at radius 1 is 1.00 bits per heavy atom. The number of carbonyl (C=O) groups is 1. The first-order chi connectivity index (χ1) is 18.1. The lowest BCUT2D eigenvalue weighted by atomic mass is 9.83. The highest BCUT2D eigenvalue weighted by Crippen LogP contribution is 2.49. The third-order valence-corrected chi connectivity index (χ3v) is 7.44. The van der Waals surface area contributed by atoms with Gasteiger partial charge in [-0.2, -0.15) is 0 Å². The van der Waals surface area contributed by atoms with Crippen molar-refractivity contribution in [2.75, 3.05) is 13.4 Å². The number of carbonyl (C=O) groups excluding carboxylic acids is 1. The van der Waals surface area contributed by atoms with E-state index in [4.69, 9.17) is 14.2 Å². The summed E-state index contributed by atoms with van der Waals surface area (Å²) in [5, 5.41) is 10.7. The number of rotatable bonds is 8. The summed E-state index contributed by atoms with van der Waals surface area (Å²) in [6, 6.07) is 20.2. The minimum absolute atomic E-state index is 0.00962. The molecule has 4 atom stereocenters. The predicted molar refractivity (Wildman–Crippen MR) is 137 cm³/mol. The minimum Gasteiger partial charge on any atom is -0.508 e. The number of para-hydroxylation sites is 1. The first-order valence-corrected chi connectivity index (χ1v) is 12.8. The Balaban J connectivity index is 1.38. The maximum Gasteiger partial charge on any atom is 0.242 e. The van der Waals surface area contributed by atoms with E-state index in [9.17, 15) is 9.90 Å². The van der Waals surface area contributed by atoms with E-state index >= 15 is 0 Å². The molecule has 2 fully saturated rings. The molecule has 192 valence electrons. The third kappa shape index (κ3) is 4.36. The number of nitrogens with zero attached hydrogens (tertiary/aromatic N) is 1. The monoisotopic (exact) mass is 501 g/mol. The van der Waals surface area contributed by atoms with Crippen molar-refractivity contribution in [3.63, 3.8) is 0 Å². The summed E-state index contributed by atoms with van der Waals surface area (Å²) in [7, 11) is 0. The number of amides is 1. The van der Waals surface area contributed by atoms with Crippen molar-refractivity contribution in [1.82, 2.24) is 15.8 Å². The lowest BCUT2D eigenvalue weighted by Gasteiger charge is -2.32. The standard InChI is InChI=1S/C29H31N3O5/c1-2-3-13-35-20-8-6-7-19(15-20)28-25-26(21-9-4-5-10-22(21)33)30-31-27(25)29(34)32(28)16-18-11-12-23-24(14-18)37-17-36-23/h4-12,14-15,25-28,30-31,33H,2-3,13,16-17H2,1H3. The zero-order chi connectivity index (χ0) is 25.4. The average molecular weight is 502 g/mol. The van der Waals surface area contributed by atoms with E-state index in [2.05, 4.69) is 23.8 Å². The van der Waals surface area contributed by atoms with Crippen molar-refractivity contribution < 1.29 is 24.1 Å². The second-order valence-corrected chi connectivity index (χ2v) is 9.75. The van der Waals surface area contributed by atoms with Crippen molar-refractivity contribution in [1.29, 1.82) is 0 Å². The van der Waals surface area contributed by atoms with E-state index in [0.717, 1.165) is 35.3 Å². The first kappa shape index (κ1) is 23.6. The molecule has 3 aliphatic heterocycles. The Morgan fingerprint density at radius 3 is 2.70 bits per heavy atom. The van der Waals surface area contributed by atoms with Gasteiger partial charge in [-0.1, -0.05) is 49.7 Å². The summed E-state index contributed by atoms with van der Waals surface area (Å²) >= 11 is 0. The molecule has 8 nitrogen and oxygen atoms in total. The molecule has 3 aromatic carbocycles. The van der Waals surface area contributed by atoms with Gasteiger partial charge in [0.25, 0.3) is 0 Å². The maximum atomic E-state index is 13.8. The number of nitrogens with one attached hydrogen (secondary N) is 2. The van der Waals surface area contributed by atoms with Crippen LogP contribution in [0.1, 0.15) is 48.5 Å². The van der Waals surface area contributed by atoms with Crippen LogP contribution >= 0.6 is 0 Å². The molecule has 6 rings (SSSR count). The number of benzene rings is 3. The van der Waals surface area contributed by atoms with Crippen molar-refractivity contribution in [2.24, 2.45) is 5.92 Å². The van der Waals surface area contributed by atoms with Crippen molar-refractivity contribution in [2.45, 2.75) is 44.4 Å². The third-order valence-electron chi connectivity index (χ3n) is 7.44. The summed E-state index contributed by atoms with van der Waals surface area (Å²) in [4.78, 5) is 15.8. The molecule has 0 spiro atoms. The first-order valence-electron chi connectivity index (χ1n) is 12.8.